The van der Waals surface area contributed by atoms with E-state index >= 15 is 0 Å². The van der Waals surface area contributed by atoms with Crippen LogP contribution in [0.25, 0.3) is 0 Å². The lowest BCUT2D eigenvalue weighted by Crippen LogP contribution is -2.26. The SMILES string of the molecule is Cc1nc(C)c(CNCCN(C)C)s1. The molecule has 0 saturated carbocycles. The fourth-order valence-corrected chi connectivity index (χ4v) is 2.15. The van der Waals surface area contributed by atoms with Gasteiger partial charge in [0.15, 0.2) is 0 Å². The third-order valence-electron chi connectivity index (χ3n) is 2.02. The zero-order valence-corrected chi connectivity index (χ0v) is 10.2. The van der Waals surface area contributed by atoms with E-state index in [4.69, 9.17) is 0 Å². The Hall–Kier alpha value is -0.450. The summed E-state index contributed by atoms with van der Waals surface area (Å²) in [4.78, 5) is 7.93. The minimum absolute atomic E-state index is 0.950. The fraction of sp³-hybridized carbons (Fsp3) is 0.700. The molecule has 0 atom stereocenters. The highest BCUT2D eigenvalue weighted by atomic mass is 32.1. The maximum atomic E-state index is 4.39. The van der Waals surface area contributed by atoms with Gasteiger partial charge in [0.1, 0.15) is 0 Å². The molecule has 0 aliphatic carbocycles. The monoisotopic (exact) mass is 213 g/mol. The largest absolute Gasteiger partial charge is 0.311 e. The van der Waals surface area contributed by atoms with E-state index in [1.165, 1.54) is 10.6 Å². The van der Waals surface area contributed by atoms with E-state index in [0.29, 0.717) is 0 Å². The van der Waals surface area contributed by atoms with E-state index < -0.39 is 0 Å². The van der Waals surface area contributed by atoms with Crippen LogP contribution in [0.1, 0.15) is 15.6 Å². The number of aromatic nitrogens is 1. The fourth-order valence-electron chi connectivity index (χ4n) is 1.24. The summed E-state index contributed by atoms with van der Waals surface area (Å²) in [6.07, 6.45) is 0. The molecule has 1 heterocycles. The van der Waals surface area contributed by atoms with Gasteiger partial charge in [0, 0.05) is 24.5 Å². The maximum Gasteiger partial charge on any atom is 0.0900 e. The molecule has 0 amide bonds. The third-order valence-corrected chi connectivity index (χ3v) is 3.09. The van der Waals surface area contributed by atoms with Crippen molar-refractivity contribution >= 4 is 11.3 Å². The number of nitrogens with zero attached hydrogens (tertiary/aromatic N) is 2. The molecule has 0 saturated heterocycles. The molecule has 0 aliphatic heterocycles. The molecular weight excluding hydrogens is 194 g/mol. The first kappa shape index (κ1) is 11.6. The summed E-state index contributed by atoms with van der Waals surface area (Å²) < 4.78 is 0. The second-order valence-corrected chi connectivity index (χ2v) is 5.01. The molecule has 14 heavy (non-hydrogen) atoms. The van der Waals surface area contributed by atoms with Gasteiger partial charge in [-0.05, 0) is 27.9 Å². The highest BCUT2D eigenvalue weighted by molar-refractivity contribution is 7.11. The summed E-state index contributed by atoms with van der Waals surface area (Å²) in [6.45, 7) is 7.19. The Labute approximate surface area is 90.2 Å². The van der Waals surface area contributed by atoms with Crippen molar-refractivity contribution < 1.29 is 0 Å². The van der Waals surface area contributed by atoms with Crippen molar-refractivity contribution in [2.24, 2.45) is 0 Å². The van der Waals surface area contributed by atoms with Crippen LogP contribution in [-0.4, -0.2) is 37.1 Å². The van der Waals surface area contributed by atoms with E-state index in [0.717, 1.165) is 24.6 Å². The summed E-state index contributed by atoms with van der Waals surface area (Å²) >= 11 is 1.79. The quantitative estimate of drug-likeness (QED) is 0.750. The molecule has 0 unspecified atom stereocenters. The first-order valence-corrected chi connectivity index (χ1v) is 5.69. The smallest absolute Gasteiger partial charge is 0.0900 e. The number of likely N-dealkylation sites (N-methyl/N-ethyl adjacent to an activating group) is 1. The molecule has 0 radical (unpaired) electrons. The highest BCUT2D eigenvalue weighted by Gasteiger charge is 2.03. The Bertz CT molecular complexity index is 281. The lowest BCUT2D eigenvalue weighted by Gasteiger charge is -2.09. The normalized spacial score (nSPS) is 11.2. The van der Waals surface area contributed by atoms with Gasteiger partial charge in [0.05, 0.1) is 10.7 Å². The van der Waals surface area contributed by atoms with Gasteiger partial charge in [-0.1, -0.05) is 0 Å². The number of hydrogen-bond donors (Lipinski definition) is 1. The molecule has 4 heteroatoms. The van der Waals surface area contributed by atoms with Crippen molar-refractivity contribution in [3.63, 3.8) is 0 Å². The van der Waals surface area contributed by atoms with Crippen molar-refractivity contribution in [2.75, 3.05) is 27.2 Å². The van der Waals surface area contributed by atoms with Gasteiger partial charge in [-0.2, -0.15) is 0 Å². The minimum Gasteiger partial charge on any atom is -0.311 e. The first-order chi connectivity index (χ1) is 6.59. The van der Waals surface area contributed by atoms with Crippen LogP contribution in [0.2, 0.25) is 0 Å². The molecule has 0 aliphatic rings. The predicted octanol–water partition coefficient (Wildman–Crippen LogP) is 1.41. The lowest BCUT2D eigenvalue weighted by atomic mass is 10.4. The van der Waals surface area contributed by atoms with Crippen LogP contribution in [0.4, 0.5) is 0 Å². The molecule has 1 aromatic rings. The second kappa shape index (κ2) is 5.44. The number of aryl methyl sites for hydroxylation is 2. The Morgan fingerprint density at radius 3 is 2.57 bits per heavy atom. The zero-order valence-electron chi connectivity index (χ0n) is 9.42. The molecule has 1 aromatic heterocycles. The van der Waals surface area contributed by atoms with Gasteiger partial charge in [-0.15, -0.1) is 11.3 Å². The second-order valence-electron chi connectivity index (χ2n) is 3.72. The third kappa shape index (κ3) is 3.74. The average molecular weight is 213 g/mol. The molecule has 80 valence electrons. The number of hydrogen-bond acceptors (Lipinski definition) is 4. The van der Waals surface area contributed by atoms with Gasteiger partial charge < -0.3 is 10.2 Å². The van der Waals surface area contributed by atoms with Crippen LogP contribution in [-0.2, 0) is 6.54 Å². The molecule has 3 nitrogen and oxygen atoms in total. The average Bonchev–Trinajstić information content (AvgIpc) is 2.39. The first-order valence-electron chi connectivity index (χ1n) is 4.88. The van der Waals surface area contributed by atoms with E-state index in [1.54, 1.807) is 11.3 Å². The van der Waals surface area contributed by atoms with Crippen LogP contribution in [0.3, 0.4) is 0 Å². The van der Waals surface area contributed by atoms with Crippen molar-refractivity contribution in [3.8, 4) is 0 Å². The van der Waals surface area contributed by atoms with Gasteiger partial charge in [-0.25, -0.2) is 4.98 Å². The van der Waals surface area contributed by atoms with E-state index in [9.17, 15) is 0 Å². The van der Waals surface area contributed by atoms with Crippen LogP contribution >= 0.6 is 11.3 Å². The zero-order chi connectivity index (χ0) is 10.6. The van der Waals surface area contributed by atoms with Gasteiger partial charge in [0.2, 0.25) is 0 Å². The van der Waals surface area contributed by atoms with Crippen LogP contribution in [0.5, 0.6) is 0 Å². The van der Waals surface area contributed by atoms with E-state index in [-0.39, 0.29) is 0 Å². The van der Waals surface area contributed by atoms with Crippen molar-refractivity contribution in [1.82, 2.24) is 15.2 Å². The molecular formula is C10H19N3S. The summed E-state index contributed by atoms with van der Waals surface area (Å²) in [5.41, 5.74) is 1.17. The Balaban J connectivity index is 2.28. The molecule has 1 rings (SSSR count). The number of thiazole rings is 1. The van der Waals surface area contributed by atoms with Gasteiger partial charge in [0.25, 0.3) is 0 Å². The molecule has 0 aromatic carbocycles. The molecule has 1 N–H and O–H groups in total. The number of nitrogens with one attached hydrogen (secondary N) is 1. The molecule has 0 bridgehead atoms. The van der Waals surface area contributed by atoms with Crippen molar-refractivity contribution in [2.45, 2.75) is 20.4 Å². The molecule has 0 fully saturated rings. The Morgan fingerprint density at radius 1 is 1.36 bits per heavy atom. The van der Waals surface area contributed by atoms with Crippen molar-refractivity contribution in [1.29, 1.82) is 0 Å². The molecule has 0 spiro atoms. The van der Waals surface area contributed by atoms with Gasteiger partial charge >= 0.3 is 0 Å². The summed E-state index contributed by atoms with van der Waals surface area (Å²) in [5.74, 6) is 0. The Kier molecular flexibility index (Phi) is 4.51. The topological polar surface area (TPSA) is 28.2 Å². The highest BCUT2D eigenvalue weighted by Crippen LogP contribution is 2.16. The Morgan fingerprint density at radius 2 is 2.07 bits per heavy atom. The van der Waals surface area contributed by atoms with Crippen LogP contribution in [0, 0.1) is 13.8 Å². The number of rotatable bonds is 5. The summed E-state index contributed by atoms with van der Waals surface area (Å²) in [6, 6.07) is 0. The van der Waals surface area contributed by atoms with Gasteiger partial charge in [-0.3, -0.25) is 0 Å². The predicted molar refractivity (Wildman–Crippen MR) is 61.8 cm³/mol. The van der Waals surface area contributed by atoms with E-state index in [1.807, 2.05) is 0 Å². The van der Waals surface area contributed by atoms with Crippen LogP contribution in [0.15, 0.2) is 0 Å². The summed E-state index contributed by atoms with van der Waals surface area (Å²) in [5, 5.41) is 4.58. The van der Waals surface area contributed by atoms with E-state index in [2.05, 4.69) is 43.1 Å². The minimum atomic E-state index is 0.950. The maximum absolute atomic E-state index is 4.39. The summed E-state index contributed by atoms with van der Waals surface area (Å²) in [7, 11) is 4.17. The van der Waals surface area contributed by atoms with Crippen molar-refractivity contribution in [3.05, 3.63) is 15.6 Å². The standard InChI is InChI=1S/C10H19N3S/c1-8-10(14-9(2)12-8)7-11-5-6-13(3)4/h11H,5-7H2,1-4H3. The van der Waals surface area contributed by atoms with Crippen LogP contribution < -0.4 is 5.32 Å². The lowest BCUT2D eigenvalue weighted by molar-refractivity contribution is 0.400.